The number of ether oxygens (including phenoxy) is 1. The maximum atomic E-state index is 11.3. The van der Waals surface area contributed by atoms with E-state index in [9.17, 15) is 9.59 Å². The normalized spacial score (nSPS) is 18.7. The Morgan fingerprint density at radius 2 is 2.00 bits per heavy atom. The Morgan fingerprint density at radius 1 is 1.35 bits per heavy atom. The molecule has 0 saturated carbocycles. The Balaban J connectivity index is 2.13. The molecule has 0 aromatic rings. The van der Waals surface area contributed by atoms with Crippen LogP contribution in [-0.4, -0.2) is 56.0 Å². The molecule has 5 heteroatoms. The maximum absolute atomic E-state index is 11.3. The van der Waals surface area contributed by atoms with E-state index in [0.29, 0.717) is 12.5 Å². The number of morpholine rings is 1. The van der Waals surface area contributed by atoms with E-state index >= 15 is 0 Å². The lowest BCUT2D eigenvalue weighted by atomic mass is 10.1. The third-order valence-corrected chi connectivity index (χ3v) is 2.73. The van der Waals surface area contributed by atoms with Crippen LogP contribution >= 0.6 is 0 Å². The Bertz CT molecular complexity index is 262. The number of carbonyl (C=O) groups excluding carboxylic acids is 2. The summed E-state index contributed by atoms with van der Waals surface area (Å²) in [6.07, 6.45) is -0.00965. The van der Waals surface area contributed by atoms with E-state index in [1.54, 1.807) is 0 Å². The zero-order chi connectivity index (χ0) is 12.7. The molecule has 98 valence electrons. The van der Waals surface area contributed by atoms with Gasteiger partial charge in [-0.2, -0.15) is 0 Å². The summed E-state index contributed by atoms with van der Waals surface area (Å²) in [6.45, 7) is 8.64. The van der Waals surface area contributed by atoms with Crippen molar-refractivity contribution in [1.82, 2.24) is 10.2 Å². The van der Waals surface area contributed by atoms with Crippen molar-refractivity contribution < 1.29 is 14.3 Å². The van der Waals surface area contributed by atoms with Crippen molar-refractivity contribution in [2.45, 2.75) is 20.3 Å². The second-order valence-corrected chi connectivity index (χ2v) is 4.70. The average molecular weight is 242 g/mol. The van der Waals surface area contributed by atoms with Gasteiger partial charge in [-0.1, -0.05) is 6.92 Å². The van der Waals surface area contributed by atoms with Crippen molar-refractivity contribution in [2.75, 3.05) is 39.4 Å². The minimum Gasteiger partial charge on any atom is -0.379 e. The third kappa shape index (κ3) is 6.38. The molecule has 1 saturated heterocycles. The Labute approximate surface area is 102 Å². The number of ketones is 1. The lowest BCUT2D eigenvalue weighted by Crippen LogP contribution is -2.41. The van der Waals surface area contributed by atoms with Crippen molar-refractivity contribution in [2.24, 2.45) is 5.92 Å². The van der Waals surface area contributed by atoms with Crippen molar-refractivity contribution >= 4 is 11.7 Å². The number of nitrogens with one attached hydrogen (secondary N) is 1. The molecular weight excluding hydrogens is 220 g/mol. The van der Waals surface area contributed by atoms with E-state index in [1.807, 2.05) is 0 Å². The molecule has 1 aliphatic rings. The Hall–Kier alpha value is -0.940. The van der Waals surface area contributed by atoms with E-state index in [2.05, 4.69) is 17.1 Å². The summed E-state index contributed by atoms with van der Waals surface area (Å²) in [5.41, 5.74) is 0. The van der Waals surface area contributed by atoms with Crippen LogP contribution in [-0.2, 0) is 14.3 Å². The van der Waals surface area contributed by atoms with E-state index in [0.717, 1.165) is 32.8 Å². The van der Waals surface area contributed by atoms with Gasteiger partial charge in [0, 0.05) is 26.2 Å². The first-order chi connectivity index (χ1) is 8.08. The maximum Gasteiger partial charge on any atom is 0.227 e. The number of hydrogen-bond donors (Lipinski definition) is 1. The van der Waals surface area contributed by atoms with Gasteiger partial charge in [0.15, 0.2) is 0 Å². The van der Waals surface area contributed by atoms with Gasteiger partial charge >= 0.3 is 0 Å². The molecule has 1 unspecified atom stereocenters. The van der Waals surface area contributed by atoms with Gasteiger partial charge in [0.05, 0.1) is 19.6 Å². The predicted molar refractivity (Wildman–Crippen MR) is 64.7 cm³/mol. The highest BCUT2D eigenvalue weighted by Crippen LogP contribution is 2.02. The molecule has 1 atom stereocenters. The van der Waals surface area contributed by atoms with E-state index in [4.69, 9.17) is 4.74 Å². The van der Waals surface area contributed by atoms with Crippen LogP contribution in [0.3, 0.4) is 0 Å². The van der Waals surface area contributed by atoms with Crippen LogP contribution in [0, 0.1) is 5.92 Å². The summed E-state index contributed by atoms with van der Waals surface area (Å²) in [5.74, 6) is 0.124. The first kappa shape index (κ1) is 14.1. The lowest BCUT2D eigenvalue weighted by Gasteiger charge is -2.29. The summed E-state index contributed by atoms with van der Waals surface area (Å²) in [4.78, 5) is 24.4. The second kappa shape index (κ2) is 7.40. The van der Waals surface area contributed by atoms with Crippen LogP contribution in [0.1, 0.15) is 20.3 Å². The molecule has 1 aliphatic heterocycles. The van der Waals surface area contributed by atoms with Crippen molar-refractivity contribution in [3.63, 3.8) is 0 Å². The number of carbonyl (C=O) groups is 2. The Kier molecular flexibility index (Phi) is 6.15. The summed E-state index contributed by atoms with van der Waals surface area (Å²) in [7, 11) is 0. The molecule has 5 nitrogen and oxygen atoms in total. The monoisotopic (exact) mass is 242 g/mol. The molecule has 17 heavy (non-hydrogen) atoms. The van der Waals surface area contributed by atoms with Crippen molar-refractivity contribution in [1.29, 1.82) is 0 Å². The predicted octanol–water partition coefficient (Wildman–Crippen LogP) is 0.0500. The van der Waals surface area contributed by atoms with Crippen LogP contribution in [0.4, 0.5) is 0 Å². The summed E-state index contributed by atoms with van der Waals surface area (Å²) >= 11 is 0. The second-order valence-electron chi connectivity index (χ2n) is 4.70. The highest BCUT2D eigenvalue weighted by Gasteiger charge is 2.14. The van der Waals surface area contributed by atoms with Gasteiger partial charge in [-0.05, 0) is 12.8 Å². The topological polar surface area (TPSA) is 58.6 Å². The summed E-state index contributed by atoms with van der Waals surface area (Å²) in [6, 6.07) is 0. The van der Waals surface area contributed by atoms with Crippen LogP contribution < -0.4 is 5.32 Å². The number of amides is 1. The van der Waals surface area contributed by atoms with Crippen LogP contribution in [0.25, 0.3) is 0 Å². The molecule has 0 aromatic heterocycles. The number of rotatable bonds is 6. The standard InChI is InChI=1S/C12H22N2O3/c1-10(8-13-12(16)7-11(2)15)9-14-3-5-17-6-4-14/h10H,3-9H2,1-2H3,(H,13,16). The first-order valence-corrected chi connectivity index (χ1v) is 6.14. The van der Waals surface area contributed by atoms with Crippen LogP contribution in [0.15, 0.2) is 0 Å². The minimum atomic E-state index is -0.175. The zero-order valence-electron chi connectivity index (χ0n) is 10.7. The molecule has 1 fully saturated rings. The summed E-state index contributed by atoms with van der Waals surface area (Å²) < 4.78 is 5.27. The summed E-state index contributed by atoms with van der Waals surface area (Å²) in [5, 5.41) is 2.79. The fourth-order valence-corrected chi connectivity index (χ4v) is 1.87. The Morgan fingerprint density at radius 3 is 2.59 bits per heavy atom. The lowest BCUT2D eigenvalue weighted by molar-refractivity contribution is -0.127. The quantitative estimate of drug-likeness (QED) is 0.669. The zero-order valence-corrected chi connectivity index (χ0v) is 10.7. The van der Waals surface area contributed by atoms with Gasteiger partial charge < -0.3 is 10.1 Å². The molecule has 1 amide bonds. The van der Waals surface area contributed by atoms with Gasteiger partial charge in [-0.25, -0.2) is 0 Å². The smallest absolute Gasteiger partial charge is 0.227 e. The van der Waals surface area contributed by atoms with Gasteiger partial charge in [-0.3, -0.25) is 14.5 Å². The van der Waals surface area contributed by atoms with E-state index in [1.165, 1.54) is 6.92 Å². The number of Topliss-reactive ketones (excluding diaryl/α,β-unsaturated/α-hetero) is 1. The van der Waals surface area contributed by atoms with E-state index in [-0.39, 0.29) is 18.1 Å². The van der Waals surface area contributed by atoms with E-state index < -0.39 is 0 Å². The molecule has 0 bridgehead atoms. The SMILES string of the molecule is CC(=O)CC(=O)NCC(C)CN1CCOCC1. The molecule has 0 radical (unpaired) electrons. The third-order valence-electron chi connectivity index (χ3n) is 2.73. The first-order valence-electron chi connectivity index (χ1n) is 6.14. The number of hydrogen-bond acceptors (Lipinski definition) is 4. The molecule has 1 N–H and O–H groups in total. The average Bonchev–Trinajstić information content (AvgIpc) is 2.27. The minimum absolute atomic E-state index is 0.00965. The van der Waals surface area contributed by atoms with Crippen molar-refractivity contribution in [3.8, 4) is 0 Å². The molecule has 1 rings (SSSR count). The molecule has 0 aromatic carbocycles. The van der Waals surface area contributed by atoms with Crippen LogP contribution in [0.5, 0.6) is 0 Å². The fraction of sp³-hybridized carbons (Fsp3) is 0.833. The molecule has 0 aliphatic carbocycles. The van der Waals surface area contributed by atoms with Crippen molar-refractivity contribution in [3.05, 3.63) is 0 Å². The molecule has 0 spiro atoms. The van der Waals surface area contributed by atoms with Gasteiger partial charge in [-0.15, -0.1) is 0 Å². The van der Waals surface area contributed by atoms with Gasteiger partial charge in [0.2, 0.25) is 5.91 Å². The molecular formula is C12H22N2O3. The number of nitrogens with zero attached hydrogens (tertiary/aromatic N) is 1. The highest BCUT2D eigenvalue weighted by atomic mass is 16.5. The fourth-order valence-electron chi connectivity index (χ4n) is 1.87. The highest BCUT2D eigenvalue weighted by molar-refractivity contribution is 5.96. The molecule has 1 heterocycles. The van der Waals surface area contributed by atoms with Gasteiger partial charge in [0.25, 0.3) is 0 Å². The largest absolute Gasteiger partial charge is 0.379 e. The van der Waals surface area contributed by atoms with Crippen LogP contribution in [0.2, 0.25) is 0 Å². The van der Waals surface area contributed by atoms with Gasteiger partial charge in [0.1, 0.15) is 5.78 Å².